The monoisotopic (exact) mass is 323 g/mol. The average Bonchev–Trinajstić information content (AvgIpc) is 2.99. The number of aryl methyl sites for hydroxylation is 2. The Hall–Kier alpha value is -3.22. The molecule has 0 aliphatic heterocycles. The van der Waals surface area contributed by atoms with Gasteiger partial charge in [-0.05, 0) is 30.7 Å². The van der Waals surface area contributed by atoms with Gasteiger partial charge in [-0.15, -0.1) is 0 Å². The molecule has 24 heavy (non-hydrogen) atoms. The first-order valence-electron chi connectivity index (χ1n) is 7.35. The summed E-state index contributed by atoms with van der Waals surface area (Å²) in [6, 6.07) is 7.20. The van der Waals surface area contributed by atoms with E-state index in [9.17, 15) is 4.79 Å². The molecule has 0 spiro atoms. The van der Waals surface area contributed by atoms with Crippen LogP contribution in [0, 0.1) is 6.92 Å². The van der Waals surface area contributed by atoms with Crippen LogP contribution in [0.4, 0.5) is 11.6 Å². The summed E-state index contributed by atoms with van der Waals surface area (Å²) in [6.45, 7) is 1.93. The van der Waals surface area contributed by atoms with E-state index in [0.717, 1.165) is 22.5 Å². The Morgan fingerprint density at radius 2 is 2.12 bits per heavy atom. The van der Waals surface area contributed by atoms with Crippen molar-refractivity contribution in [1.82, 2.24) is 19.7 Å². The van der Waals surface area contributed by atoms with Gasteiger partial charge < -0.3 is 10.1 Å². The first kappa shape index (κ1) is 15.7. The fraction of sp³-hybridized carbons (Fsp3) is 0.176. The third-order valence-electron chi connectivity index (χ3n) is 3.54. The zero-order chi connectivity index (χ0) is 17.1. The van der Waals surface area contributed by atoms with Crippen molar-refractivity contribution >= 4 is 17.6 Å². The standard InChI is InChI=1S/C17H17N5O2/c1-11-8-12(16(23)24-3)4-5-14(11)15-6-7-18-17(21-15)20-13-9-19-22(2)10-13/h4-10H,1-3H3,(H,18,20,21). The van der Waals surface area contributed by atoms with Crippen LogP contribution in [0.1, 0.15) is 15.9 Å². The molecule has 0 fully saturated rings. The van der Waals surface area contributed by atoms with E-state index in [0.29, 0.717) is 11.5 Å². The maximum absolute atomic E-state index is 11.6. The summed E-state index contributed by atoms with van der Waals surface area (Å²) in [4.78, 5) is 20.4. The lowest BCUT2D eigenvalue weighted by molar-refractivity contribution is 0.0600. The predicted octanol–water partition coefficient (Wildman–Crippen LogP) is 2.72. The number of methoxy groups -OCH3 is 1. The lowest BCUT2D eigenvalue weighted by Crippen LogP contribution is -2.02. The van der Waals surface area contributed by atoms with Crippen molar-refractivity contribution in [2.45, 2.75) is 6.92 Å². The molecule has 3 rings (SSSR count). The number of anilines is 2. The van der Waals surface area contributed by atoms with Crippen molar-refractivity contribution in [2.75, 3.05) is 12.4 Å². The number of benzene rings is 1. The molecule has 3 aromatic rings. The maximum atomic E-state index is 11.6. The summed E-state index contributed by atoms with van der Waals surface area (Å²) in [7, 11) is 3.21. The van der Waals surface area contributed by atoms with Gasteiger partial charge in [0.05, 0.1) is 30.3 Å². The number of rotatable bonds is 4. The fourth-order valence-electron chi connectivity index (χ4n) is 2.38. The molecule has 0 atom stereocenters. The molecular weight excluding hydrogens is 306 g/mol. The van der Waals surface area contributed by atoms with Gasteiger partial charge >= 0.3 is 5.97 Å². The smallest absolute Gasteiger partial charge is 0.337 e. The Bertz CT molecular complexity index is 888. The van der Waals surface area contributed by atoms with Gasteiger partial charge in [-0.1, -0.05) is 6.07 Å². The molecule has 2 heterocycles. The molecule has 1 N–H and O–H groups in total. The summed E-state index contributed by atoms with van der Waals surface area (Å²) >= 11 is 0. The summed E-state index contributed by atoms with van der Waals surface area (Å²) in [6.07, 6.45) is 5.23. The van der Waals surface area contributed by atoms with E-state index in [4.69, 9.17) is 4.74 Å². The molecular formula is C17H17N5O2. The second-order valence-corrected chi connectivity index (χ2v) is 5.31. The van der Waals surface area contributed by atoms with Crippen LogP contribution in [0.25, 0.3) is 11.3 Å². The van der Waals surface area contributed by atoms with Crippen LogP contribution in [0.15, 0.2) is 42.9 Å². The highest BCUT2D eigenvalue weighted by Crippen LogP contribution is 2.24. The molecule has 0 bridgehead atoms. The molecule has 0 amide bonds. The second kappa shape index (κ2) is 6.49. The van der Waals surface area contributed by atoms with Gasteiger partial charge in [0.1, 0.15) is 0 Å². The number of hydrogen-bond acceptors (Lipinski definition) is 6. The van der Waals surface area contributed by atoms with Gasteiger partial charge in [0.15, 0.2) is 0 Å². The van der Waals surface area contributed by atoms with E-state index in [-0.39, 0.29) is 5.97 Å². The van der Waals surface area contributed by atoms with Gasteiger partial charge in [-0.3, -0.25) is 4.68 Å². The number of hydrogen-bond donors (Lipinski definition) is 1. The van der Waals surface area contributed by atoms with Gasteiger partial charge in [-0.25, -0.2) is 14.8 Å². The zero-order valence-electron chi connectivity index (χ0n) is 13.6. The molecule has 0 aliphatic carbocycles. The van der Waals surface area contributed by atoms with Crippen LogP contribution in [-0.4, -0.2) is 32.8 Å². The lowest BCUT2D eigenvalue weighted by atomic mass is 10.0. The third kappa shape index (κ3) is 3.24. The average molecular weight is 323 g/mol. The molecule has 0 radical (unpaired) electrons. The number of esters is 1. The van der Waals surface area contributed by atoms with Gasteiger partial charge in [-0.2, -0.15) is 5.10 Å². The summed E-state index contributed by atoms with van der Waals surface area (Å²) in [5.74, 6) is 0.128. The van der Waals surface area contributed by atoms with Crippen molar-refractivity contribution in [1.29, 1.82) is 0 Å². The third-order valence-corrected chi connectivity index (χ3v) is 3.54. The molecule has 122 valence electrons. The van der Waals surface area contributed by atoms with E-state index in [1.165, 1.54) is 7.11 Å². The number of carbonyl (C=O) groups excluding carboxylic acids is 1. The number of aromatic nitrogens is 4. The highest BCUT2D eigenvalue weighted by Gasteiger charge is 2.10. The van der Waals surface area contributed by atoms with E-state index in [1.807, 2.05) is 32.3 Å². The minimum absolute atomic E-state index is 0.355. The normalized spacial score (nSPS) is 10.5. The van der Waals surface area contributed by atoms with Crippen LogP contribution < -0.4 is 5.32 Å². The van der Waals surface area contributed by atoms with Gasteiger partial charge in [0, 0.05) is 25.0 Å². The fourth-order valence-corrected chi connectivity index (χ4v) is 2.38. The SMILES string of the molecule is COC(=O)c1ccc(-c2ccnc(Nc3cnn(C)c3)n2)c(C)c1. The highest BCUT2D eigenvalue weighted by atomic mass is 16.5. The molecule has 0 saturated carbocycles. The molecule has 7 heteroatoms. The van der Waals surface area contributed by atoms with Crippen molar-refractivity contribution in [3.05, 3.63) is 54.0 Å². The predicted molar refractivity (Wildman–Crippen MR) is 90.0 cm³/mol. The minimum atomic E-state index is -0.355. The topological polar surface area (TPSA) is 81.9 Å². The Labute approximate surface area is 139 Å². The Morgan fingerprint density at radius 3 is 2.79 bits per heavy atom. The summed E-state index contributed by atoms with van der Waals surface area (Å²) in [5.41, 5.74) is 3.96. The minimum Gasteiger partial charge on any atom is -0.465 e. The zero-order valence-corrected chi connectivity index (χ0v) is 13.6. The van der Waals surface area contributed by atoms with E-state index in [1.54, 1.807) is 29.2 Å². The Kier molecular flexibility index (Phi) is 4.24. The first-order chi connectivity index (χ1) is 11.6. The number of carbonyl (C=O) groups is 1. The van der Waals surface area contributed by atoms with E-state index >= 15 is 0 Å². The lowest BCUT2D eigenvalue weighted by Gasteiger charge is -2.09. The van der Waals surface area contributed by atoms with Crippen molar-refractivity contribution in [3.63, 3.8) is 0 Å². The van der Waals surface area contributed by atoms with Crippen molar-refractivity contribution < 1.29 is 9.53 Å². The highest BCUT2D eigenvalue weighted by molar-refractivity contribution is 5.90. The molecule has 0 aliphatic rings. The molecule has 0 saturated heterocycles. The first-order valence-corrected chi connectivity index (χ1v) is 7.35. The number of nitrogens with one attached hydrogen (secondary N) is 1. The van der Waals surface area contributed by atoms with Crippen LogP contribution in [0.5, 0.6) is 0 Å². The molecule has 2 aromatic heterocycles. The van der Waals surface area contributed by atoms with Crippen LogP contribution >= 0.6 is 0 Å². The van der Waals surface area contributed by atoms with E-state index < -0.39 is 0 Å². The molecule has 7 nitrogen and oxygen atoms in total. The van der Waals surface area contributed by atoms with Crippen molar-refractivity contribution in [3.8, 4) is 11.3 Å². The number of nitrogens with zero attached hydrogens (tertiary/aromatic N) is 4. The maximum Gasteiger partial charge on any atom is 0.337 e. The van der Waals surface area contributed by atoms with Crippen molar-refractivity contribution in [2.24, 2.45) is 7.05 Å². The largest absolute Gasteiger partial charge is 0.465 e. The molecule has 1 aromatic carbocycles. The second-order valence-electron chi connectivity index (χ2n) is 5.31. The van der Waals surface area contributed by atoms with Gasteiger partial charge in [0.2, 0.25) is 5.95 Å². The van der Waals surface area contributed by atoms with Gasteiger partial charge in [0.25, 0.3) is 0 Å². The Morgan fingerprint density at radius 1 is 1.29 bits per heavy atom. The van der Waals surface area contributed by atoms with Crippen LogP contribution in [-0.2, 0) is 11.8 Å². The molecule has 0 unspecified atom stereocenters. The summed E-state index contributed by atoms with van der Waals surface area (Å²) < 4.78 is 6.44. The number of ether oxygens (including phenoxy) is 1. The summed E-state index contributed by atoms with van der Waals surface area (Å²) in [5, 5.41) is 7.21. The quantitative estimate of drug-likeness (QED) is 0.743. The van der Waals surface area contributed by atoms with Crippen LogP contribution in [0.3, 0.4) is 0 Å². The Balaban J connectivity index is 1.89. The van der Waals surface area contributed by atoms with Crippen LogP contribution in [0.2, 0.25) is 0 Å². The van der Waals surface area contributed by atoms with E-state index in [2.05, 4.69) is 20.4 Å².